The van der Waals surface area contributed by atoms with E-state index in [0.29, 0.717) is 0 Å². The topological polar surface area (TPSA) is 18.5 Å². The van der Waals surface area contributed by atoms with Crippen molar-refractivity contribution in [2.75, 3.05) is 13.2 Å². The molecule has 1 saturated heterocycles. The maximum absolute atomic E-state index is 6.85. The van der Waals surface area contributed by atoms with E-state index in [1.807, 2.05) is 0 Å². The van der Waals surface area contributed by atoms with Crippen LogP contribution in [-0.4, -0.2) is 19.0 Å². The molecule has 1 heterocycles. The van der Waals surface area contributed by atoms with Crippen LogP contribution in [0.1, 0.15) is 164 Å². The first-order chi connectivity index (χ1) is 15.4. The Morgan fingerprint density at radius 1 is 0.469 bits per heavy atom. The van der Waals surface area contributed by atoms with E-state index < -0.39 is 5.79 Å². The Bertz CT molecular complexity index is 428. The fourth-order valence-electron chi connectivity index (χ4n) is 6.34. The second kappa shape index (κ2) is 16.5. The van der Waals surface area contributed by atoms with Gasteiger partial charge in [0, 0.05) is 10.8 Å². The van der Waals surface area contributed by atoms with Gasteiger partial charge in [0.25, 0.3) is 0 Å². The summed E-state index contributed by atoms with van der Waals surface area (Å²) in [5.74, 6) is -0.404. The molecule has 0 amide bonds. The number of hydrogen-bond donors (Lipinski definition) is 0. The second-order valence-corrected chi connectivity index (χ2v) is 11.3. The minimum Gasteiger partial charge on any atom is -0.346 e. The molecule has 1 aliphatic rings. The van der Waals surface area contributed by atoms with E-state index in [9.17, 15) is 0 Å². The zero-order valence-corrected chi connectivity index (χ0v) is 23.2. The normalized spacial score (nSPS) is 18.2. The minimum atomic E-state index is -0.404. The monoisotopic (exact) mass is 452 g/mol. The molecular formula is C30H60O2. The molecule has 0 bridgehead atoms. The standard InChI is InChI=1S/C30H60O2/c1-7-11-15-19-23-28(5,22-18-14-10-4)30(31-26-27-32-30)29(6,24-20-16-12-8-2)25-21-17-13-9-3/h7-27H2,1-6H3. The van der Waals surface area contributed by atoms with Crippen LogP contribution in [0, 0.1) is 10.8 Å². The zero-order valence-electron chi connectivity index (χ0n) is 23.2. The Morgan fingerprint density at radius 3 is 1.06 bits per heavy atom. The van der Waals surface area contributed by atoms with Crippen LogP contribution in [0.25, 0.3) is 0 Å². The van der Waals surface area contributed by atoms with Crippen LogP contribution >= 0.6 is 0 Å². The van der Waals surface area contributed by atoms with Gasteiger partial charge in [0.1, 0.15) is 0 Å². The van der Waals surface area contributed by atoms with Gasteiger partial charge in [-0.1, -0.05) is 138 Å². The Balaban J connectivity index is 3.18. The van der Waals surface area contributed by atoms with Crippen molar-refractivity contribution in [3.8, 4) is 0 Å². The zero-order chi connectivity index (χ0) is 23.8. The van der Waals surface area contributed by atoms with Gasteiger partial charge in [-0.05, 0) is 25.7 Å². The molecule has 0 aliphatic carbocycles. The van der Waals surface area contributed by atoms with Crippen molar-refractivity contribution in [3.63, 3.8) is 0 Å². The van der Waals surface area contributed by atoms with Crippen LogP contribution < -0.4 is 0 Å². The average molecular weight is 453 g/mol. The van der Waals surface area contributed by atoms with Crippen LogP contribution in [0.3, 0.4) is 0 Å². The highest BCUT2D eigenvalue weighted by Crippen LogP contribution is 2.58. The summed E-state index contributed by atoms with van der Waals surface area (Å²) in [7, 11) is 0. The average Bonchev–Trinajstić information content (AvgIpc) is 3.30. The lowest BCUT2D eigenvalue weighted by Crippen LogP contribution is -2.59. The summed E-state index contributed by atoms with van der Waals surface area (Å²) in [4.78, 5) is 0. The minimum absolute atomic E-state index is 0.108. The summed E-state index contributed by atoms with van der Waals surface area (Å²) < 4.78 is 13.7. The van der Waals surface area contributed by atoms with E-state index in [4.69, 9.17) is 9.47 Å². The lowest BCUT2D eigenvalue weighted by atomic mass is 9.59. The van der Waals surface area contributed by atoms with Crippen molar-refractivity contribution in [1.82, 2.24) is 0 Å². The number of ether oxygens (including phenoxy) is 2. The van der Waals surface area contributed by atoms with Crippen molar-refractivity contribution in [2.24, 2.45) is 10.8 Å². The van der Waals surface area contributed by atoms with Crippen molar-refractivity contribution >= 4 is 0 Å². The van der Waals surface area contributed by atoms with Crippen molar-refractivity contribution in [2.45, 2.75) is 169 Å². The predicted molar refractivity (Wildman–Crippen MR) is 141 cm³/mol. The van der Waals surface area contributed by atoms with E-state index in [0.717, 1.165) is 13.2 Å². The van der Waals surface area contributed by atoms with Crippen molar-refractivity contribution < 1.29 is 9.47 Å². The molecule has 1 rings (SSSR count). The summed E-state index contributed by atoms with van der Waals surface area (Å²) in [6, 6.07) is 0. The summed E-state index contributed by atoms with van der Waals surface area (Å²) in [6.45, 7) is 15.9. The van der Waals surface area contributed by atoms with E-state index in [2.05, 4.69) is 41.5 Å². The predicted octanol–water partition coefficient (Wildman–Crippen LogP) is 10.2. The SMILES string of the molecule is CCCCCCC(C)(CCCCC)C1(C(C)(CCCCCC)CCCCCC)OCCO1. The number of rotatable bonds is 21. The van der Waals surface area contributed by atoms with Crippen LogP contribution in [0.5, 0.6) is 0 Å². The molecule has 1 unspecified atom stereocenters. The Hall–Kier alpha value is -0.0800. The highest BCUT2D eigenvalue weighted by atomic mass is 16.7. The van der Waals surface area contributed by atoms with E-state index in [1.54, 1.807) is 0 Å². The quantitative estimate of drug-likeness (QED) is 0.161. The molecule has 1 aliphatic heterocycles. The summed E-state index contributed by atoms with van der Waals surface area (Å²) >= 11 is 0. The van der Waals surface area contributed by atoms with Gasteiger partial charge in [-0.15, -0.1) is 0 Å². The van der Waals surface area contributed by atoms with Gasteiger partial charge in [-0.3, -0.25) is 0 Å². The van der Waals surface area contributed by atoms with Gasteiger partial charge >= 0.3 is 0 Å². The molecule has 1 atom stereocenters. The molecule has 1 fully saturated rings. The number of unbranched alkanes of at least 4 members (excludes halogenated alkanes) is 11. The Kier molecular flexibility index (Phi) is 15.5. The molecule has 2 nitrogen and oxygen atoms in total. The van der Waals surface area contributed by atoms with E-state index in [-0.39, 0.29) is 10.8 Å². The van der Waals surface area contributed by atoms with Crippen LogP contribution in [0.15, 0.2) is 0 Å². The first kappa shape index (κ1) is 30.0. The van der Waals surface area contributed by atoms with Gasteiger partial charge in [0.15, 0.2) is 5.79 Å². The molecule has 0 N–H and O–H groups in total. The van der Waals surface area contributed by atoms with Gasteiger partial charge in [-0.25, -0.2) is 0 Å². The first-order valence-corrected chi connectivity index (χ1v) is 14.7. The maximum Gasteiger partial charge on any atom is 0.179 e. The fraction of sp³-hybridized carbons (Fsp3) is 1.00. The second-order valence-electron chi connectivity index (χ2n) is 11.3. The lowest BCUT2D eigenvalue weighted by Gasteiger charge is -2.55. The third-order valence-corrected chi connectivity index (χ3v) is 8.36. The maximum atomic E-state index is 6.85. The largest absolute Gasteiger partial charge is 0.346 e. The van der Waals surface area contributed by atoms with E-state index in [1.165, 1.54) is 122 Å². The third-order valence-electron chi connectivity index (χ3n) is 8.36. The summed E-state index contributed by atoms with van der Waals surface area (Å²) in [5.41, 5.74) is 0.216. The van der Waals surface area contributed by atoms with Crippen LogP contribution in [0.2, 0.25) is 0 Å². The molecule has 0 saturated carbocycles. The first-order valence-electron chi connectivity index (χ1n) is 14.7. The Morgan fingerprint density at radius 2 is 0.750 bits per heavy atom. The van der Waals surface area contributed by atoms with Gasteiger partial charge in [-0.2, -0.15) is 0 Å². The van der Waals surface area contributed by atoms with Crippen molar-refractivity contribution in [3.05, 3.63) is 0 Å². The van der Waals surface area contributed by atoms with Gasteiger partial charge in [0.2, 0.25) is 0 Å². The molecule has 0 aromatic carbocycles. The third kappa shape index (κ3) is 8.61. The van der Waals surface area contributed by atoms with Crippen LogP contribution in [0.4, 0.5) is 0 Å². The van der Waals surface area contributed by atoms with Crippen LogP contribution in [-0.2, 0) is 9.47 Å². The highest BCUT2D eigenvalue weighted by molar-refractivity contribution is 5.04. The molecule has 2 heteroatoms. The fourth-order valence-corrected chi connectivity index (χ4v) is 6.34. The molecular weight excluding hydrogens is 392 g/mol. The van der Waals surface area contributed by atoms with Crippen molar-refractivity contribution in [1.29, 1.82) is 0 Å². The van der Waals surface area contributed by atoms with Gasteiger partial charge < -0.3 is 9.47 Å². The highest BCUT2D eigenvalue weighted by Gasteiger charge is 2.61. The van der Waals surface area contributed by atoms with Gasteiger partial charge in [0.05, 0.1) is 13.2 Å². The molecule has 0 spiro atoms. The summed E-state index contributed by atoms with van der Waals surface area (Å²) in [5, 5.41) is 0. The smallest absolute Gasteiger partial charge is 0.179 e. The molecule has 192 valence electrons. The molecule has 0 aromatic rings. The Labute approximate surface area is 203 Å². The lowest BCUT2D eigenvalue weighted by molar-refractivity contribution is -0.306. The molecule has 0 radical (unpaired) electrons. The van der Waals surface area contributed by atoms with E-state index >= 15 is 0 Å². The molecule has 32 heavy (non-hydrogen) atoms. The molecule has 0 aromatic heterocycles. The number of hydrogen-bond acceptors (Lipinski definition) is 2. The summed E-state index contributed by atoms with van der Waals surface area (Å²) in [6.07, 6.45) is 24.8.